The minimum Gasteiger partial charge on any atom is -0.328 e. The van der Waals surface area contributed by atoms with Gasteiger partial charge in [-0.1, -0.05) is 0 Å². The van der Waals surface area contributed by atoms with Gasteiger partial charge in [0.25, 0.3) is 0 Å². The van der Waals surface area contributed by atoms with Crippen LogP contribution >= 0.6 is 0 Å². The zero-order valence-electron chi connectivity index (χ0n) is 10.8. The number of aromatic nitrogens is 4. The van der Waals surface area contributed by atoms with Gasteiger partial charge in [-0.2, -0.15) is 5.10 Å². The van der Waals surface area contributed by atoms with Crippen molar-refractivity contribution in [1.29, 1.82) is 0 Å². The molecule has 0 radical (unpaired) electrons. The molecule has 17 heavy (non-hydrogen) atoms. The van der Waals surface area contributed by atoms with E-state index < -0.39 is 0 Å². The van der Waals surface area contributed by atoms with Crippen molar-refractivity contribution >= 4 is 0 Å². The second kappa shape index (κ2) is 4.33. The average Bonchev–Trinajstić information content (AvgIpc) is 2.89. The molecule has 5 nitrogen and oxygen atoms in total. The van der Waals surface area contributed by atoms with Crippen molar-refractivity contribution < 1.29 is 0 Å². The summed E-state index contributed by atoms with van der Waals surface area (Å²) in [6.07, 6.45) is 7.68. The van der Waals surface area contributed by atoms with E-state index in [1.807, 2.05) is 43.7 Å². The zero-order chi connectivity index (χ0) is 12.5. The lowest BCUT2D eigenvalue weighted by atomic mass is 10.0. The van der Waals surface area contributed by atoms with Crippen molar-refractivity contribution in [3.8, 4) is 0 Å². The molecule has 2 rings (SSSR count). The number of nitrogens with zero attached hydrogens (tertiary/aromatic N) is 4. The van der Waals surface area contributed by atoms with Gasteiger partial charge in [0, 0.05) is 18.8 Å². The Morgan fingerprint density at radius 1 is 1.35 bits per heavy atom. The lowest BCUT2D eigenvalue weighted by Gasteiger charge is -2.25. The average molecular weight is 233 g/mol. The number of hydrogen-bond donors (Lipinski definition) is 1. The summed E-state index contributed by atoms with van der Waals surface area (Å²) < 4.78 is 3.96. The maximum absolute atomic E-state index is 4.24. The van der Waals surface area contributed by atoms with Gasteiger partial charge in [-0.05, 0) is 20.9 Å². The molecule has 92 valence electrons. The fourth-order valence-corrected chi connectivity index (χ4v) is 1.85. The Balaban J connectivity index is 2.26. The third kappa shape index (κ3) is 2.39. The van der Waals surface area contributed by atoms with E-state index in [9.17, 15) is 0 Å². The molecule has 0 aliphatic heterocycles. The van der Waals surface area contributed by atoms with E-state index in [1.54, 1.807) is 0 Å². The molecular weight excluding hydrogens is 214 g/mol. The van der Waals surface area contributed by atoms with E-state index in [1.165, 1.54) is 11.3 Å². The highest BCUT2D eigenvalue weighted by Crippen LogP contribution is 2.19. The van der Waals surface area contributed by atoms with Crippen LogP contribution in [0.5, 0.6) is 0 Å². The molecule has 0 saturated carbocycles. The van der Waals surface area contributed by atoms with Gasteiger partial charge in [-0.25, -0.2) is 4.98 Å². The standard InChI is InChI=1S/C12H19N5/c1-12(2,13-3)11-6-14-9-17(11)8-10-5-15-16(4)7-10/h5-7,9,13H,8H2,1-4H3. The first-order valence-corrected chi connectivity index (χ1v) is 5.70. The second-order valence-corrected chi connectivity index (χ2v) is 4.80. The first-order chi connectivity index (χ1) is 8.03. The summed E-state index contributed by atoms with van der Waals surface area (Å²) in [6.45, 7) is 5.09. The number of hydrogen-bond acceptors (Lipinski definition) is 3. The monoisotopic (exact) mass is 233 g/mol. The smallest absolute Gasteiger partial charge is 0.0951 e. The van der Waals surface area contributed by atoms with E-state index in [2.05, 4.69) is 33.8 Å². The minimum atomic E-state index is -0.0846. The highest BCUT2D eigenvalue weighted by Gasteiger charge is 2.22. The maximum atomic E-state index is 4.24. The summed E-state index contributed by atoms with van der Waals surface area (Å²) >= 11 is 0. The molecule has 1 N–H and O–H groups in total. The molecule has 2 aromatic heterocycles. The molecule has 0 saturated heterocycles. The van der Waals surface area contributed by atoms with E-state index in [4.69, 9.17) is 0 Å². The Labute approximate surface area is 101 Å². The summed E-state index contributed by atoms with van der Waals surface area (Å²) in [5, 5.41) is 7.47. The van der Waals surface area contributed by atoms with Gasteiger partial charge in [0.1, 0.15) is 0 Å². The van der Waals surface area contributed by atoms with Crippen molar-refractivity contribution in [3.63, 3.8) is 0 Å². The third-order valence-corrected chi connectivity index (χ3v) is 3.09. The van der Waals surface area contributed by atoms with Gasteiger partial charge in [0.15, 0.2) is 0 Å². The predicted octanol–water partition coefficient (Wildman–Crippen LogP) is 1.12. The molecule has 5 heteroatoms. The Kier molecular flexibility index (Phi) is 3.02. The molecule has 0 unspecified atom stereocenters. The fourth-order valence-electron chi connectivity index (χ4n) is 1.85. The van der Waals surface area contributed by atoms with E-state index in [0.717, 1.165) is 6.54 Å². The molecule has 0 atom stereocenters. The third-order valence-electron chi connectivity index (χ3n) is 3.09. The molecule has 2 aromatic rings. The number of aryl methyl sites for hydroxylation is 1. The molecule has 0 aliphatic carbocycles. The van der Waals surface area contributed by atoms with Gasteiger partial charge in [-0.15, -0.1) is 0 Å². The lowest BCUT2D eigenvalue weighted by Crippen LogP contribution is -2.35. The molecule has 0 aromatic carbocycles. The van der Waals surface area contributed by atoms with Gasteiger partial charge in [0.2, 0.25) is 0 Å². The van der Waals surface area contributed by atoms with Crippen molar-refractivity contribution in [1.82, 2.24) is 24.6 Å². The fraction of sp³-hybridized carbons (Fsp3) is 0.500. The molecule has 0 bridgehead atoms. The van der Waals surface area contributed by atoms with Crippen molar-refractivity contribution in [2.24, 2.45) is 7.05 Å². The molecule has 0 spiro atoms. The second-order valence-electron chi connectivity index (χ2n) is 4.80. The molecule has 0 aliphatic rings. The molecule has 0 fully saturated rings. The molecule has 2 heterocycles. The Bertz CT molecular complexity index is 494. The largest absolute Gasteiger partial charge is 0.328 e. The van der Waals surface area contributed by atoms with Crippen molar-refractivity contribution in [3.05, 3.63) is 36.2 Å². The van der Waals surface area contributed by atoms with Crippen LogP contribution in [-0.2, 0) is 19.1 Å². The van der Waals surface area contributed by atoms with E-state index >= 15 is 0 Å². The quantitative estimate of drug-likeness (QED) is 0.861. The summed E-state index contributed by atoms with van der Waals surface area (Å²) in [5.74, 6) is 0. The minimum absolute atomic E-state index is 0.0846. The van der Waals surface area contributed by atoms with Crippen molar-refractivity contribution in [2.45, 2.75) is 25.9 Å². The number of imidazole rings is 1. The van der Waals surface area contributed by atoms with Crippen LogP contribution in [0.4, 0.5) is 0 Å². The first-order valence-electron chi connectivity index (χ1n) is 5.70. The van der Waals surface area contributed by atoms with Crippen LogP contribution in [0.15, 0.2) is 24.9 Å². The Morgan fingerprint density at radius 2 is 2.12 bits per heavy atom. The highest BCUT2D eigenvalue weighted by molar-refractivity contribution is 5.14. The number of nitrogens with one attached hydrogen (secondary N) is 1. The van der Waals surface area contributed by atoms with E-state index in [0.29, 0.717) is 0 Å². The van der Waals surface area contributed by atoms with Crippen LogP contribution in [0.25, 0.3) is 0 Å². The summed E-state index contributed by atoms with van der Waals surface area (Å²) in [6, 6.07) is 0. The highest BCUT2D eigenvalue weighted by atomic mass is 15.2. The SMILES string of the molecule is CNC(C)(C)c1cncn1Cc1cnn(C)c1. The van der Waals surface area contributed by atoms with E-state index in [-0.39, 0.29) is 5.54 Å². The molecule has 0 amide bonds. The number of rotatable bonds is 4. The topological polar surface area (TPSA) is 47.7 Å². The summed E-state index contributed by atoms with van der Waals surface area (Å²) in [7, 11) is 3.89. The lowest BCUT2D eigenvalue weighted by molar-refractivity contribution is 0.413. The summed E-state index contributed by atoms with van der Waals surface area (Å²) in [5.41, 5.74) is 2.26. The zero-order valence-corrected chi connectivity index (χ0v) is 10.8. The van der Waals surface area contributed by atoms with Crippen LogP contribution < -0.4 is 5.32 Å². The predicted molar refractivity (Wildman–Crippen MR) is 66.6 cm³/mol. The van der Waals surface area contributed by atoms with Gasteiger partial charge >= 0.3 is 0 Å². The van der Waals surface area contributed by atoms with Crippen LogP contribution in [0, 0.1) is 0 Å². The van der Waals surface area contributed by atoms with Gasteiger partial charge < -0.3 is 9.88 Å². The van der Waals surface area contributed by atoms with Gasteiger partial charge in [0.05, 0.1) is 36.5 Å². The van der Waals surface area contributed by atoms with Crippen molar-refractivity contribution in [2.75, 3.05) is 7.05 Å². The molecular formula is C12H19N5. The van der Waals surface area contributed by atoms with Crippen LogP contribution in [0.1, 0.15) is 25.1 Å². The van der Waals surface area contributed by atoms with Crippen LogP contribution in [0.3, 0.4) is 0 Å². The Morgan fingerprint density at radius 3 is 2.71 bits per heavy atom. The first kappa shape index (κ1) is 11.9. The van der Waals surface area contributed by atoms with Crippen LogP contribution in [0.2, 0.25) is 0 Å². The normalized spacial score (nSPS) is 12.0. The Hall–Kier alpha value is -1.62. The van der Waals surface area contributed by atoms with Crippen LogP contribution in [-0.4, -0.2) is 26.4 Å². The van der Waals surface area contributed by atoms with Gasteiger partial charge in [-0.3, -0.25) is 4.68 Å². The maximum Gasteiger partial charge on any atom is 0.0951 e. The summed E-state index contributed by atoms with van der Waals surface area (Å²) in [4.78, 5) is 4.24.